The molecule has 30 heavy (non-hydrogen) atoms. The fraction of sp³-hybridized carbons (Fsp3) is 0.273. The molecule has 0 aliphatic carbocycles. The zero-order valence-corrected chi connectivity index (χ0v) is 17.4. The Kier molecular flexibility index (Phi) is 5.81. The van der Waals surface area contributed by atoms with Crippen molar-refractivity contribution < 1.29 is 5.11 Å². The smallest absolute Gasteiger partial charge is 0.211 e. The van der Waals surface area contributed by atoms with Crippen molar-refractivity contribution >= 4 is 11.6 Å². The molecular weight excluding hydrogens is 400 g/mol. The third kappa shape index (κ3) is 4.13. The van der Waals surface area contributed by atoms with Crippen molar-refractivity contribution in [3.8, 4) is 22.5 Å². The molecule has 154 valence electrons. The standard InChI is InChI=1S/C22H23ClN6O/c1-2-3-8-20-24-21(23)19(14-30)29(20)13-15-9-11-16(12-10-15)17-6-4-5-7-18(17)22-25-27-28-26-22/h4-7,9-12,30H,2-3,8,13-14H2,1H3,(H,25,26,27,28)/i30D. The molecule has 0 amide bonds. The summed E-state index contributed by atoms with van der Waals surface area (Å²) in [4.78, 5) is 4.51. The van der Waals surface area contributed by atoms with Crippen molar-refractivity contribution in [1.82, 2.24) is 30.2 Å². The van der Waals surface area contributed by atoms with Gasteiger partial charge in [0.1, 0.15) is 5.82 Å². The van der Waals surface area contributed by atoms with Gasteiger partial charge in [0.25, 0.3) is 0 Å². The van der Waals surface area contributed by atoms with E-state index in [0.717, 1.165) is 53.0 Å². The van der Waals surface area contributed by atoms with Gasteiger partial charge in [0.2, 0.25) is 7.26 Å². The normalized spacial score (nSPS) is 11.6. The number of imidazole rings is 1. The van der Waals surface area contributed by atoms with Crippen LogP contribution in [0.25, 0.3) is 22.5 Å². The molecule has 0 saturated carbocycles. The Hall–Kier alpha value is -3.03. The largest absolute Gasteiger partial charge is 0.390 e. The van der Waals surface area contributed by atoms with Crippen LogP contribution in [0.1, 0.15) is 36.8 Å². The van der Waals surface area contributed by atoms with Crippen molar-refractivity contribution in [3.63, 3.8) is 0 Å². The fourth-order valence-corrected chi connectivity index (χ4v) is 3.79. The van der Waals surface area contributed by atoms with Crippen LogP contribution in [0.2, 0.25) is 5.15 Å². The van der Waals surface area contributed by atoms with E-state index < -0.39 is 0 Å². The summed E-state index contributed by atoms with van der Waals surface area (Å²) in [7, 11) is 0. The zero-order chi connectivity index (χ0) is 21.6. The first kappa shape index (κ1) is 19.0. The number of hydrogen-bond donors (Lipinski definition) is 2. The highest BCUT2D eigenvalue weighted by molar-refractivity contribution is 6.30. The summed E-state index contributed by atoms with van der Waals surface area (Å²) < 4.78 is 9.21. The maximum absolute atomic E-state index is 7.15. The number of tetrazole rings is 1. The highest BCUT2D eigenvalue weighted by Gasteiger charge is 2.16. The predicted octanol–water partition coefficient (Wildman–Crippen LogP) is 4.27. The molecule has 0 aliphatic heterocycles. The molecule has 2 aromatic heterocycles. The number of halogens is 1. The van der Waals surface area contributed by atoms with Gasteiger partial charge in [-0.25, -0.2) is 4.98 Å². The first-order valence-electron chi connectivity index (χ1n) is 10.4. The number of aromatic nitrogens is 6. The second-order valence-electron chi connectivity index (χ2n) is 7.08. The lowest BCUT2D eigenvalue weighted by molar-refractivity contribution is 0.271. The van der Waals surface area contributed by atoms with E-state index in [-0.39, 0.29) is 6.61 Å². The lowest BCUT2D eigenvalue weighted by atomic mass is 9.98. The van der Waals surface area contributed by atoms with Crippen molar-refractivity contribution in [2.75, 3.05) is 0 Å². The number of nitrogens with one attached hydrogen (secondary N) is 1. The van der Waals surface area contributed by atoms with Gasteiger partial charge in [-0.05, 0) is 28.3 Å². The molecule has 4 rings (SSSR count). The number of benzene rings is 2. The molecule has 7 nitrogen and oxygen atoms in total. The Morgan fingerprint density at radius 2 is 1.93 bits per heavy atom. The molecule has 0 atom stereocenters. The maximum Gasteiger partial charge on any atom is 0.211 e. The van der Waals surface area contributed by atoms with E-state index in [2.05, 4.69) is 66.5 Å². The van der Waals surface area contributed by atoms with Crippen molar-refractivity contribution in [2.24, 2.45) is 0 Å². The number of unbranched alkanes of at least 4 members (excludes halogenated alkanes) is 1. The molecule has 2 N–H and O–H groups in total. The Bertz CT molecular complexity index is 1130. The molecule has 8 heteroatoms. The van der Waals surface area contributed by atoms with E-state index in [1.165, 1.54) is 0 Å². The molecule has 4 aromatic rings. The molecule has 2 heterocycles. The summed E-state index contributed by atoms with van der Waals surface area (Å²) in [6.45, 7) is 2.87. The summed E-state index contributed by atoms with van der Waals surface area (Å²) in [6, 6.07) is 16.3. The lowest BCUT2D eigenvalue weighted by Crippen LogP contribution is -2.09. The van der Waals surface area contributed by atoms with Gasteiger partial charge < -0.3 is 9.68 Å². The van der Waals surface area contributed by atoms with Gasteiger partial charge >= 0.3 is 0 Å². The van der Waals surface area contributed by atoms with Crippen LogP contribution in [-0.2, 0) is 19.6 Å². The minimum absolute atomic E-state index is 0.105. The molecule has 0 spiro atoms. The van der Waals surface area contributed by atoms with Gasteiger partial charge in [-0.3, -0.25) is 0 Å². The summed E-state index contributed by atoms with van der Waals surface area (Å²) >= 11 is 6.33. The van der Waals surface area contributed by atoms with Crippen molar-refractivity contribution in [1.29, 1.82) is 1.43 Å². The third-order valence-electron chi connectivity index (χ3n) is 5.11. The van der Waals surface area contributed by atoms with E-state index in [0.29, 0.717) is 17.5 Å². The first-order chi connectivity index (χ1) is 15.2. The second-order valence-corrected chi connectivity index (χ2v) is 7.44. The second kappa shape index (κ2) is 9.19. The van der Waals surface area contributed by atoms with E-state index in [4.69, 9.17) is 13.0 Å². The molecule has 0 saturated heterocycles. The highest BCUT2D eigenvalue weighted by Crippen LogP contribution is 2.30. The molecule has 2 aromatic carbocycles. The fourth-order valence-electron chi connectivity index (χ4n) is 3.53. The highest BCUT2D eigenvalue weighted by atomic mass is 35.5. The van der Waals surface area contributed by atoms with Crippen LogP contribution < -0.4 is 0 Å². The molecule has 0 bridgehead atoms. The van der Waals surface area contributed by atoms with Gasteiger partial charge in [-0.15, -0.1) is 10.2 Å². The monoisotopic (exact) mass is 423 g/mol. The van der Waals surface area contributed by atoms with Gasteiger partial charge in [0.15, 0.2) is 5.15 Å². The number of nitrogens with zero attached hydrogens (tertiary/aromatic N) is 5. The molecule has 0 unspecified atom stereocenters. The number of H-pyrrole nitrogens is 1. The molecule has 0 fully saturated rings. The zero-order valence-electron chi connectivity index (χ0n) is 17.7. The van der Waals surface area contributed by atoms with E-state index in [1.54, 1.807) is 0 Å². The van der Waals surface area contributed by atoms with Crippen LogP contribution in [-0.4, -0.2) is 36.7 Å². The Morgan fingerprint density at radius 3 is 2.63 bits per heavy atom. The number of aliphatic hydroxyl groups is 1. The van der Waals surface area contributed by atoms with Crippen LogP contribution in [0.4, 0.5) is 0 Å². The summed E-state index contributed by atoms with van der Waals surface area (Å²) in [5, 5.41) is 19.4. The van der Waals surface area contributed by atoms with Crippen LogP contribution in [0.3, 0.4) is 0 Å². The lowest BCUT2D eigenvalue weighted by Gasteiger charge is -2.12. The Labute approximate surface area is 181 Å². The number of hydrogen-bond acceptors (Lipinski definition) is 5. The third-order valence-corrected chi connectivity index (χ3v) is 5.41. The number of rotatable bonds is 9. The average molecular weight is 424 g/mol. The van der Waals surface area contributed by atoms with Crippen molar-refractivity contribution in [3.05, 3.63) is 70.8 Å². The first-order valence-corrected chi connectivity index (χ1v) is 10.3. The van der Waals surface area contributed by atoms with Gasteiger partial charge in [-0.2, -0.15) is 5.21 Å². The topological polar surface area (TPSA) is 92.5 Å². The molecule has 0 aliphatic rings. The average Bonchev–Trinajstić information content (AvgIpc) is 3.43. The molecule has 0 radical (unpaired) electrons. The quantitative estimate of drug-likeness (QED) is 0.419. The van der Waals surface area contributed by atoms with Gasteiger partial charge in [0.05, 0.1) is 12.3 Å². The SMILES string of the molecule is [2H]OCc1c(Cl)nc(CCCC)n1Cc1ccc(-c2ccccc2-c2nn[nH]n2)cc1. The van der Waals surface area contributed by atoms with Gasteiger partial charge in [0, 0.05) is 18.5 Å². The minimum Gasteiger partial charge on any atom is -0.390 e. The number of aromatic amines is 1. The number of aryl methyl sites for hydroxylation is 1. The summed E-state index contributed by atoms with van der Waals surface area (Å²) in [6.07, 6.45) is 2.94. The molecular formula is C22H23ClN6O. The van der Waals surface area contributed by atoms with E-state index in [1.807, 2.05) is 24.3 Å². The number of aliphatic hydroxyl groups excluding tert-OH is 1. The van der Waals surface area contributed by atoms with Crippen LogP contribution in [0.15, 0.2) is 48.5 Å². The van der Waals surface area contributed by atoms with Gasteiger partial charge in [-0.1, -0.05) is 73.5 Å². The van der Waals surface area contributed by atoms with E-state index in [9.17, 15) is 0 Å². The Morgan fingerprint density at radius 1 is 1.13 bits per heavy atom. The van der Waals surface area contributed by atoms with E-state index >= 15 is 0 Å². The van der Waals surface area contributed by atoms with Crippen LogP contribution in [0.5, 0.6) is 0 Å². The van der Waals surface area contributed by atoms with Crippen molar-refractivity contribution in [2.45, 2.75) is 39.3 Å². The summed E-state index contributed by atoms with van der Waals surface area (Å²) in [5.41, 5.74) is 4.86. The summed E-state index contributed by atoms with van der Waals surface area (Å²) in [5.74, 6) is 1.48. The predicted molar refractivity (Wildman–Crippen MR) is 116 cm³/mol. The maximum atomic E-state index is 7.15. The Balaban J connectivity index is 1.62. The van der Waals surface area contributed by atoms with Crippen LogP contribution >= 0.6 is 11.6 Å². The minimum atomic E-state index is 0.105. The van der Waals surface area contributed by atoms with Crippen LogP contribution in [0, 0.1) is 0 Å².